The molecule has 140 valence electrons. The summed E-state index contributed by atoms with van der Waals surface area (Å²) in [6.45, 7) is 4.07. The van der Waals surface area contributed by atoms with Crippen molar-refractivity contribution < 1.29 is 9.13 Å². The Morgan fingerprint density at radius 3 is 2.71 bits per heavy atom. The Balaban J connectivity index is 1.75. The Labute approximate surface area is 164 Å². The van der Waals surface area contributed by atoms with Crippen molar-refractivity contribution in [3.8, 4) is 11.6 Å². The average Bonchev–Trinajstić information content (AvgIpc) is 3.12. The van der Waals surface area contributed by atoms with Gasteiger partial charge in [-0.2, -0.15) is 0 Å². The zero-order valence-corrected chi connectivity index (χ0v) is 15.8. The number of fused-ring (bicyclic) bond motifs is 3. The molecule has 0 saturated heterocycles. The molecule has 1 N–H and O–H groups in total. The number of para-hydroxylation sites is 1. The Morgan fingerprint density at radius 1 is 1.07 bits per heavy atom. The summed E-state index contributed by atoms with van der Waals surface area (Å²) in [5, 5.41) is 0.284. The molecule has 0 radical (unpaired) electrons. The van der Waals surface area contributed by atoms with E-state index in [1.54, 1.807) is 24.5 Å². The smallest absolute Gasteiger partial charge is 0.224 e. The van der Waals surface area contributed by atoms with Gasteiger partial charge in [-0.05, 0) is 18.2 Å². The number of halogens is 2. The van der Waals surface area contributed by atoms with E-state index in [1.807, 2.05) is 26.0 Å². The van der Waals surface area contributed by atoms with Gasteiger partial charge in [0.05, 0.1) is 0 Å². The van der Waals surface area contributed by atoms with Gasteiger partial charge < -0.3 is 9.72 Å². The van der Waals surface area contributed by atoms with Crippen LogP contribution in [-0.2, 0) is 5.41 Å². The van der Waals surface area contributed by atoms with Crippen LogP contribution in [0.15, 0.2) is 42.7 Å². The maximum Gasteiger partial charge on any atom is 0.224 e. The van der Waals surface area contributed by atoms with E-state index in [4.69, 9.17) is 16.3 Å². The lowest BCUT2D eigenvalue weighted by molar-refractivity contribution is 0.353. The Kier molecular flexibility index (Phi) is 3.64. The number of nitrogens with zero attached hydrogens (tertiary/aromatic N) is 4. The number of aromatic nitrogens is 5. The number of rotatable bonds is 2. The number of ether oxygens (including phenoxy) is 1. The number of H-pyrrole nitrogens is 1. The summed E-state index contributed by atoms with van der Waals surface area (Å²) < 4.78 is 20.4. The molecule has 4 heterocycles. The van der Waals surface area contributed by atoms with Crippen LogP contribution in [0.5, 0.6) is 11.6 Å². The second-order valence-electron chi connectivity index (χ2n) is 7.26. The molecule has 0 saturated carbocycles. The number of imidazole rings is 1. The fourth-order valence-electron chi connectivity index (χ4n) is 3.82. The summed E-state index contributed by atoms with van der Waals surface area (Å²) in [6, 6.07) is 8.48. The second-order valence-corrected chi connectivity index (χ2v) is 7.64. The Bertz CT molecular complexity index is 1190. The van der Waals surface area contributed by atoms with Crippen molar-refractivity contribution in [1.29, 1.82) is 0 Å². The van der Waals surface area contributed by atoms with Crippen molar-refractivity contribution >= 4 is 22.9 Å². The topological polar surface area (TPSA) is 76.6 Å². The van der Waals surface area contributed by atoms with Gasteiger partial charge in [-0.1, -0.05) is 37.6 Å². The molecule has 1 unspecified atom stereocenters. The van der Waals surface area contributed by atoms with Gasteiger partial charge in [-0.25, -0.2) is 24.3 Å². The number of hydrogen-bond acceptors (Lipinski definition) is 5. The highest BCUT2D eigenvalue weighted by molar-refractivity contribution is 6.29. The first-order valence-electron chi connectivity index (χ1n) is 8.75. The van der Waals surface area contributed by atoms with Crippen molar-refractivity contribution in [2.45, 2.75) is 25.2 Å². The lowest BCUT2D eigenvalue weighted by Crippen LogP contribution is -2.32. The van der Waals surface area contributed by atoms with Gasteiger partial charge in [0, 0.05) is 34.9 Å². The van der Waals surface area contributed by atoms with Crippen LogP contribution >= 0.6 is 11.6 Å². The lowest BCUT2D eigenvalue weighted by Gasteiger charge is -2.37. The quantitative estimate of drug-likeness (QED) is 0.495. The molecule has 1 atom stereocenters. The molecule has 1 aromatic carbocycles. The van der Waals surface area contributed by atoms with Crippen molar-refractivity contribution in [3.63, 3.8) is 0 Å². The van der Waals surface area contributed by atoms with Crippen LogP contribution in [0.3, 0.4) is 0 Å². The van der Waals surface area contributed by atoms with Gasteiger partial charge in [0.2, 0.25) is 5.88 Å². The van der Waals surface area contributed by atoms with Crippen LogP contribution in [0.25, 0.3) is 11.3 Å². The molecule has 0 fully saturated rings. The van der Waals surface area contributed by atoms with E-state index in [2.05, 4.69) is 24.9 Å². The summed E-state index contributed by atoms with van der Waals surface area (Å²) in [7, 11) is 0. The van der Waals surface area contributed by atoms with E-state index >= 15 is 0 Å². The largest absolute Gasteiger partial charge is 0.435 e. The first kappa shape index (κ1) is 17.1. The molecule has 3 aromatic heterocycles. The monoisotopic (exact) mass is 395 g/mol. The minimum atomic E-state index is -0.570. The molecule has 0 spiro atoms. The van der Waals surface area contributed by atoms with Crippen molar-refractivity contribution in [3.05, 3.63) is 70.6 Å². The van der Waals surface area contributed by atoms with Gasteiger partial charge >= 0.3 is 0 Å². The lowest BCUT2D eigenvalue weighted by atomic mass is 9.70. The van der Waals surface area contributed by atoms with Crippen LogP contribution in [0.4, 0.5) is 4.39 Å². The maximum atomic E-state index is 14.6. The van der Waals surface area contributed by atoms with E-state index < -0.39 is 11.2 Å². The Hall–Kier alpha value is -3.06. The van der Waals surface area contributed by atoms with Gasteiger partial charge in [-0.15, -0.1) is 0 Å². The number of nitrogens with one attached hydrogen (secondary N) is 1. The molecule has 1 aliphatic rings. The van der Waals surface area contributed by atoms with E-state index in [0.29, 0.717) is 23.0 Å². The highest BCUT2D eigenvalue weighted by atomic mass is 35.5. The zero-order valence-electron chi connectivity index (χ0n) is 15.1. The summed E-state index contributed by atoms with van der Waals surface area (Å²) in [5.41, 5.74) is 2.11. The molecule has 0 bridgehead atoms. The Morgan fingerprint density at radius 2 is 1.89 bits per heavy atom. The molecular formula is C20H15ClFN5O. The number of hydrogen-bond donors (Lipinski definition) is 1. The third-order valence-corrected chi connectivity index (χ3v) is 5.35. The summed E-state index contributed by atoms with van der Waals surface area (Å²) >= 11 is 6.06. The van der Waals surface area contributed by atoms with Crippen molar-refractivity contribution in [2.75, 3.05) is 0 Å². The first-order valence-corrected chi connectivity index (χ1v) is 9.13. The van der Waals surface area contributed by atoms with Crippen LogP contribution in [0.2, 0.25) is 5.15 Å². The van der Waals surface area contributed by atoms with Crippen LogP contribution in [0.1, 0.15) is 36.7 Å². The standard InChI is InChI=1S/C20H15ClFN5O/c1-20(2,19-26-16-17(27-19)24-9-8-23-16)14-10-4-3-5-12(22)15(10)28-18-11(14)6-7-13(21)25-18/h3-9,14H,1-2H3,(H,23,24,26,27). The molecule has 8 heteroatoms. The predicted molar refractivity (Wildman–Crippen MR) is 102 cm³/mol. The van der Waals surface area contributed by atoms with Gasteiger partial charge in [0.1, 0.15) is 11.0 Å². The SMILES string of the molecule is CC(C)(c1nc2nccnc2[nH]1)C1c2ccc(Cl)nc2Oc2c(F)cccc21. The fraction of sp³-hybridized carbons (Fsp3) is 0.200. The van der Waals surface area contributed by atoms with Crippen molar-refractivity contribution in [2.24, 2.45) is 0 Å². The molecule has 5 rings (SSSR count). The highest BCUT2D eigenvalue weighted by Crippen LogP contribution is 2.52. The predicted octanol–water partition coefficient (Wildman–Crippen LogP) is 4.76. The number of aromatic amines is 1. The third-order valence-electron chi connectivity index (χ3n) is 5.14. The molecule has 0 amide bonds. The normalized spacial score (nSPS) is 15.8. The minimum Gasteiger partial charge on any atom is -0.435 e. The third kappa shape index (κ3) is 2.46. The molecule has 28 heavy (non-hydrogen) atoms. The minimum absolute atomic E-state index is 0.162. The number of pyridine rings is 1. The number of benzene rings is 1. The second kappa shape index (κ2) is 5.97. The van der Waals surface area contributed by atoms with Gasteiger partial charge in [0.15, 0.2) is 22.9 Å². The molecule has 1 aliphatic heterocycles. The van der Waals surface area contributed by atoms with E-state index in [-0.39, 0.29) is 16.8 Å². The average molecular weight is 396 g/mol. The molecule has 6 nitrogen and oxygen atoms in total. The van der Waals surface area contributed by atoms with Crippen LogP contribution < -0.4 is 4.74 Å². The summed E-state index contributed by atoms with van der Waals surface area (Å²) in [4.78, 5) is 20.7. The van der Waals surface area contributed by atoms with E-state index in [1.165, 1.54) is 6.07 Å². The zero-order chi connectivity index (χ0) is 19.5. The van der Waals surface area contributed by atoms with Gasteiger partial charge in [-0.3, -0.25) is 0 Å². The van der Waals surface area contributed by atoms with Crippen molar-refractivity contribution in [1.82, 2.24) is 24.9 Å². The highest BCUT2D eigenvalue weighted by Gasteiger charge is 2.43. The molecule has 4 aromatic rings. The van der Waals surface area contributed by atoms with E-state index in [0.717, 1.165) is 11.1 Å². The van der Waals surface area contributed by atoms with Crippen LogP contribution in [-0.4, -0.2) is 24.9 Å². The maximum absolute atomic E-state index is 14.6. The van der Waals surface area contributed by atoms with Crippen LogP contribution in [0, 0.1) is 5.82 Å². The summed E-state index contributed by atoms with van der Waals surface area (Å²) in [6.07, 6.45) is 3.21. The molecular weight excluding hydrogens is 381 g/mol. The van der Waals surface area contributed by atoms with Gasteiger partial charge in [0.25, 0.3) is 0 Å². The fourth-order valence-corrected chi connectivity index (χ4v) is 3.96. The van der Waals surface area contributed by atoms with E-state index in [9.17, 15) is 4.39 Å². The summed E-state index contributed by atoms with van der Waals surface area (Å²) in [5.74, 6) is 0.438. The first-order chi connectivity index (χ1) is 13.4. The molecule has 0 aliphatic carbocycles.